The van der Waals surface area contributed by atoms with E-state index in [1.54, 1.807) is 0 Å². The molecule has 0 N–H and O–H groups in total. The van der Waals surface area contributed by atoms with Crippen LogP contribution >= 0.6 is 12.2 Å². The van der Waals surface area contributed by atoms with Gasteiger partial charge in [-0.1, -0.05) is 30.4 Å². The van der Waals surface area contributed by atoms with Crippen molar-refractivity contribution >= 4 is 17.4 Å². The number of allylic oxidation sites excluding steroid dienone is 7. The number of hydrogen-bond donors (Lipinski definition) is 0. The summed E-state index contributed by atoms with van der Waals surface area (Å²) >= 11 is 4.48. The van der Waals surface area contributed by atoms with Gasteiger partial charge in [0.25, 0.3) is 0 Å². The molecule has 0 atom stereocenters. The third kappa shape index (κ3) is 2.89. The van der Waals surface area contributed by atoms with Gasteiger partial charge in [0.1, 0.15) is 0 Å². The van der Waals surface area contributed by atoms with Gasteiger partial charge < -0.3 is 0 Å². The maximum atomic E-state index is 4.48. The molecule has 0 spiro atoms. The molecule has 0 amide bonds. The first kappa shape index (κ1) is 7.86. The Kier molecular flexibility index (Phi) is 3.26. The van der Waals surface area contributed by atoms with Crippen molar-refractivity contribution in [1.29, 1.82) is 0 Å². The van der Waals surface area contributed by atoms with E-state index in [0.717, 1.165) is 5.70 Å². The zero-order chi connectivity index (χ0) is 7.94. The normalized spacial score (nSPS) is 14.7. The van der Waals surface area contributed by atoms with E-state index in [1.165, 1.54) is 0 Å². The molecule has 0 saturated carbocycles. The van der Waals surface area contributed by atoms with Crippen LogP contribution in [0, 0.1) is 0 Å². The molecule has 2 heteroatoms. The third-order valence-corrected chi connectivity index (χ3v) is 1.24. The van der Waals surface area contributed by atoms with Crippen LogP contribution < -0.4 is 0 Å². The van der Waals surface area contributed by atoms with Crippen molar-refractivity contribution < 1.29 is 0 Å². The second-order valence-electron chi connectivity index (χ2n) is 1.92. The lowest BCUT2D eigenvalue weighted by Gasteiger charge is -1.88. The van der Waals surface area contributed by atoms with E-state index >= 15 is 0 Å². The number of thiocarbonyl (C=S) groups is 1. The third-order valence-electron chi connectivity index (χ3n) is 1.15. The molecule has 0 aliphatic heterocycles. The van der Waals surface area contributed by atoms with Gasteiger partial charge in [-0.3, -0.25) is 0 Å². The Morgan fingerprint density at radius 1 is 1.09 bits per heavy atom. The smallest absolute Gasteiger partial charge is 0.0739 e. The Bertz CT molecular complexity index is 289. The molecule has 0 fully saturated rings. The summed E-state index contributed by atoms with van der Waals surface area (Å²) in [5.74, 6) is 0. The Balaban J connectivity index is 2.86. The van der Waals surface area contributed by atoms with Gasteiger partial charge in [0.05, 0.1) is 10.9 Å². The van der Waals surface area contributed by atoms with E-state index < -0.39 is 0 Å². The van der Waals surface area contributed by atoms with Gasteiger partial charge in [-0.2, -0.15) is 4.99 Å². The Labute approximate surface area is 71.1 Å². The van der Waals surface area contributed by atoms with Crippen LogP contribution in [0.2, 0.25) is 0 Å². The largest absolute Gasteiger partial charge is 0.195 e. The lowest BCUT2D eigenvalue weighted by atomic mass is 10.3. The van der Waals surface area contributed by atoms with Crippen molar-refractivity contribution in [2.45, 2.75) is 0 Å². The van der Waals surface area contributed by atoms with E-state index in [0.29, 0.717) is 0 Å². The van der Waals surface area contributed by atoms with Crippen LogP contribution in [0.3, 0.4) is 0 Å². The van der Waals surface area contributed by atoms with Crippen LogP contribution in [0.1, 0.15) is 0 Å². The monoisotopic (exact) mass is 161 g/mol. The van der Waals surface area contributed by atoms with E-state index in [9.17, 15) is 0 Å². The van der Waals surface area contributed by atoms with E-state index in [2.05, 4.69) is 22.4 Å². The molecule has 1 rings (SSSR count). The first-order chi connectivity index (χ1) is 5.43. The quantitative estimate of drug-likeness (QED) is 0.425. The van der Waals surface area contributed by atoms with E-state index in [-0.39, 0.29) is 0 Å². The molecule has 0 radical (unpaired) electrons. The summed E-state index contributed by atoms with van der Waals surface area (Å²) in [7, 11) is 0. The second kappa shape index (κ2) is 4.56. The molecular formula is C9H7NS. The summed E-state index contributed by atoms with van der Waals surface area (Å²) in [5.41, 5.74) is 0.820. The fourth-order valence-corrected chi connectivity index (χ4v) is 0.789. The summed E-state index contributed by atoms with van der Waals surface area (Å²) in [6, 6.07) is 0. The molecule has 0 aromatic heterocycles. The fourth-order valence-electron chi connectivity index (χ4n) is 0.684. The predicted molar refractivity (Wildman–Crippen MR) is 50.5 cm³/mol. The van der Waals surface area contributed by atoms with Gasteiger partial charge >= 0.3 is 0 Å². The van der Waals surface area contributed by atoms with Crippen molar-refractivity contribution in [2.75, 3.05) is 0 Å². The topological polar surface area (TPSA) is 12.4 Å². The molecule has 0 aromatic carbocycles. The molecule has 1 aliphatic carbocycles. The van der Waals surface area contributed by atoms with Gasteiger partial charge in [0, 0.05) is 0 Å². The summed E-state index contributed by atoms with van der Waals surface area (Å²) in [6.07, 6.45) is 13.4. The average Bonchev–Trinajstić information content (AvgIpc) is 1.94. The van der Waals surface area contributed by atoms with Crippen LogP contribution in [-0.4, -0.2) is 5.16 Å². The summed E-state index contributed by atoms with van der Waals surface area (Å²) in [4.78, 5) is 3.84. The predicted octanol–water partition coefficient (Wildman–Crippen LogP) is 2.66. The zero-order valence-corrected chi connectivity index (χ0v) is 6.71. The number of isothiocyanates is 1. The van der Waals surface area contributed by atoms with Crippen LogP contribution in [0.5, 0.6) is 0 Å². The highest BCUT2D eigenvalue weighted by atomic mass is 32.1. The molecule has 54 valence electrons. The molecule has 0 saturated heterocycles. The molecule has 1 aliphatic rings. The number of hydrogen-bond acceptors (Lipinski definition) is 2. The lowest BCUT2D eigenvalue weighted by Crippen LogP contribution is -1.70. The SMILES string of the molecule is S=C=NC1=CC=CC=CC=C1. The lowest BCUT2D eigenvalue weighted by molar-refractivity contribution is 1.43. The molecule has 0 aromatic rings. The maximum absolute atomic E-state index is 4.48. The average molecular weight is 161 g/mol. The fraction of sp³-hybridized carbons (Fsp3) is 0. The van der Waals surface area contributed by atoms with Gasteiger partial charge in [-0.25, -0.2) is 0 Å². The van der Waals surface area contributed by atoms with Crippen LogP contribution in [-0.2, 0) is 0 Å². The Hall–Kier alpha value is -1.24. The maximum Gasteiger partial charge on any atom is 0.0739 e. The van der Waals surface area contributed by atoms with E-state index in [1.807, 2.05) is 42.5 Å². The van der Waals surface area contributed by atoms with Gasteiger partial charge in [-0.05, 0) is 24.4 Å². The van der Waals surface area contributed by atoms with Crippen molar-refractivity contribution in [3.8, 4) is 0 Å². The van der Waals surface area contributed by atoms with Gasteiger partial charge in [0.15, 0.2) is 0 Å². The molecule has 11 heavy (non-hydrogen) atoms. The minimum atomic E-state index is 0.820. The highest BCUT2D eigenvalue weighted by Crippen LogP contribution is 2.01. The standard InChI is InChI=1S/C9H7NS/c11-8-10-9-6-4-2-1-3-5-7-9/h1-7H. The first-order valence-electron chi connectivity index (χ1n) is 3.23. The van der Waals surface area contributed by atoms with Crippen molar-refractivity contribution in [3.05, 3.63) is 48.2 Å². The minimum absolute atomic E-state index is 0.820. The first-order valence-corrected chi connectivity index (χ1v) is 3.64. The van der Waals surface area contributed by atoms with Crippen LogP contribution in [0.4, 0.5) is 0 Å². The molecule has 0 bridgehead atoms. The highest BCUT2D eigenvalue weighted by Gasteiger charge is 1.83. The zero-order valence-electron chi connectivity index (χ0n) is 5.90. The summed E-state index contributed by atoms with van der Waals surface area (Å²) in [5, 5.41) is 2.32. The van der Waals surface area contributed by atoms with Crippen molar-refractivity contribution in [1.82, 2.24) is 0 Å². The molecule has 0 heterocycles. The summed E-state index contributed by atoms with van der Waals surface area (Å²) < 4.78 is 0. The molecular weight excluding hydrogens is 154 g/mol. The van der Waals surface area contributed by atoms with Crippen LogP contribution in [0.25, 0.3) is 0 Å². The Morgan fingerprint density at radius 2 is 1.82 bits per heavy atom. The van der Waals surface area contributed by atoms with Crippen molar-refractivity contribution in [3.63, 3.8) is 0 Å². The minimum Gasteiger partial charge on any atom is -0.195 e. The molecule has 1 nitrogen and oxygen atoms in total. The highest BCUT2D eigenvalue weighted by molar-refractivity contribution is 7.78. The summed E-state index contributed by atoms with van der Waals surface area (Å²) in [6.45, 7) is 0. The van der Waals surface area contributed by atoms with Crippen molar-refractivity contribution in [2.24, 2.45) is 4.99 Å². The molecule has 0 unspecified atom stereocenters. The van der Waals surface area contributed by atoms with Gasteiger partial charge in [-0.15, -0.1) is 0 Å². The number of aliphatic imine (C=N–C) groups is 1. The van der Waals surface area contributed by atoms with Gasteiger partial charge in [0.2, 0.25) is 0 Å². The van der Waals surface area contributed by atoms with Crippen LogP contribution in [0.15, 0.2) is 53.2 Å². The number of rotatable bonds is 1. The Morgan fingerprint density at radius 3 is 2.64 bits per heavy atom. The second-order valence-corrected chi connectivity index (χ2v) is 2.11. The van der Waals surface area contributed by atoms with E-state index in [4.69, 9.17) is 0 Å². The number of nitrogens with zero attached hydrogens (tertiary/aromatic N) is 1.